The van der Waals surface area contributed by atoms with Gasteiger partial charge in [0.15, 0.2) is 11.5 Å². The third-order valence-electron chi connectivity index (χ3n) is 2.88. The lowest BCUT2D eigenvalue weighted by atomic mass is 10.1. The molecular formula is C14H19N3O3. The molecule has 0 atom stereocenters. The first-order chi connectivity index (χ1) is 9.72. The van der Waals surface area contributed by atoms with E-state index in [0.717, 1.165) is 24.5 Å². The minimum absolute atomic E-state index is 0.578. The minimum Gasteiger partial charge on any atom is -0.493 e. The Bertz CT molecular complexity index is 554. The van der Waals surface area contributed by atoms with E-state index in [1.807, 2.05) is 18.2 Å². The fourth-order valence-electron chi connectivity index (χ4n) is 1.87. The van der Waals surface area contributed by atoms with Crippen LogP contribution in [0, 0.1) is 6.92 Å². The van der Waals surface area contributed by atoms with Gasteiger partial charge in [0.2, 0.25) is 11.8 Å². The topological polar surface area (TPSA) is 69.4 Å². The van der Waals surface area contributed by atoms with Crippen LogP contribution in [0.5, 0.6) is 11.5 Å². The van der Waals surface area contributed by atoms with Gasteiger partial charge in [0.1, 0.15) is 0 Å². The molecule has 6 nitrogen and oxygen atoms in total. The van der Waals surface area contributed by atoms with Crippen LogP contribution >= 0.6 is 0 Å². The van der Waals surface area contributed by atoms with Crippen molar-refractivity contribution in [2.24, 2.45) is 0 Å². The molecule has 0 saturated heterocycles. The van der Waals surface area contributed by atoms with Crippen molar-refractivity contribution < 1.29 is 13.9 Å². The van der Waals surface area contributed by atoms with E-state index >= 15 is 0 Å². The standard InChI is InChI=1S/C14H19N3O3/c1-10-16-17-14(20-10)9-15-7-6-11-4-5-12(18-2)13(8-11)19-3/h4-5,8,15H,6-7,9H2,1-3H3. The Morgan fingerprint density at radius 2 is 1.95 bits per heavy atom. The number of benzene rings is 1. The maximum Gasteiger partial charge on any atom is 0.230 e. The molecular weight excluding hydrogens is 258 g/mol. The molecule has 0 spiro atoms. The van der Waals surface area contributed by atoms with Crippen LogP contribution in [0.1, 0.15) is 17.3 Å². The normalized spacial score (nSPS) is 10.6. The zero-order valence-electron chi connectivity index (χ0n) is 12.0. The first-order valence-electron chi connectivity index (χ1n) is 6.43. The minimum atomic E-state index is 0.578. The van der Waals surface area contributed by atoms with Gasteiger partial charge in [-0.25, -0.2) is 0 Å². The van der Waals surface area contributed by atoms with Gasteiger partial charge in [0.05, 0.1) is 20.8 Å². The van der Waals surface area contributed by atoms with Crippen LogP contribution in [0.2, 0.25) is 0 Å². The summed E-state index contributed by atoms with van der Waals surface area (Å²) in [6, 6.07) is 5.92. The third-order valence-corrected chi connectivity index (χ3v) is 2.88. The molecule has 6 heteroatoms. The average Bonchev–Trinajstić information content (AvgIpc) is 2.89. The summed E-state index contributed by atoms with van der Waals surface area (Å²) < 4.78 is 15.8. The number of hydrogen-bond donors (Lipinski definition) is 1. The highest BCUT2D eigenvalue weighted by atomic mass is 16.5. The van der Waals surface area contributed by atoms with Gasteiger partial charge in [-0.2, -0.15) is 0 Å². The third kappa shape index (κ3) is 3.71. The van der Waals surface area contributed by atoms with Crippen LogP contribution in [0.3, 0.4) is 0 Å². The van der Waals surface area contributed by atoms with Gasteiger partial charge in [-0.3, -0.25) is 0 Å². The lowest BCUT2D eigenvalue weighted by Crippen LogP contribution is -2.16. The molecule has 1 N–H and O–H groups in total. The first-order valence-corrected chi connectivity index (χ1v) is 6.43. The Morgan fingerprint density at radius 1 is 1.15 bits per heavy atom. The summed E-state index contributed by atoms with van der Waals surface area (Å²) in [5.74, 6) is 2.68. The van der Waals surface area contributed by atoms with E-state index in [1.165, 1.54) is 5.56 Å². The second-order valence-electron chi connectivity index (χ2n) is 4.33. The molecule has 108 valence electrons. The van der Waals surface area contributed by atoms with Gasteiger partial charge in [0.25, 0.3) is 0 Å². The van der Waals surface area contributed by atoms with Crippen molar-refractivity contribution in [3.05, 3.63) is 35.5 Å². The molecule has 0 fully saturated rings. The molecule has 0 bridgehead atoms. The van der Waals surface area contributed by atoms with Crippen LogP contribution in [0.25, 0.3) is 0 Å². The van der Waals surface area contributed by atoms with E-state index < -0.39 is 0 Å². The maximum atomic E-state index is 5.28. The molecule has 0 aliphatic heterocycles. The molecule has 0 aliphatic carbocycles. The number of hydrogen-bond acceptors (Lipinski definition) is 6. The van der Waals surface area contributed by atoms with E-state index in [0.29, 0.717) is 18.3 Å². The van der Waals surface area contributed by atoms with Gasteiger partial charge >= 0.3 is 0 Å². The van der Waals surface area contributed by atoms with Gasteiger partial charge in [-0.1, -0.05) is 6.07 Å². The van der Waals surface area contributed by atoms with Crippen molar-refractivity contribution in [1.82, 2.24) is 15.5 Å². The molecule has 0 saturated carbocycles. The van der Waals surface area contributed by atoms with E-state index in [4.69, 9.17) is 13.9 Å². The highest BCUT2D eigenvalue weighted by Gasteiger charge is 2.05. The summed E-state index contributed by atoms with van der Waals surface area (Å²) in [4.78, 5) is 0. The number of methoxy groups -OCH3 is 2. The Hall–Kier alpha value is -2.08. The fourth-order valence-corrected chi connectivity index (χ4v) is 1.87. The van der Waals surface area contributed by atoms with Gasteiger partial charge < -0.3 is 19.2 Å². The Labute approximate surface area is 118 Å². The number of aromatic nitrogens is 2. The highest BCUT2D eigenvalue weighted by Crippen LogP contribution is 2.27. The van der Waals surface area contributed by atoms with Crippen LogP contribution in [-0.2, 0) is 13.0 Å². The van der Waals surface area contributed by atoms with Crippen molar-refractivity contribution in [3.63, 3.8) is 0 Å². The van der Waals surface area contributed by atoms with E-state index in [-0.39, 0.29) is 0 Å². The Balaban J connectivity index is 1.82. The molecule has 0 radical (unpaired) electrons. The fraction of sp³-hybridized carbons (Fsp3) is 0.429. The predicted octanol–water partition coefficient (Wildman–Crippen LogP) is 1.73. The molecule has 20 heavy (non-hydrogen) atoms. The van der Waals surface area contributed by atoms with E-state index in [1.54, 1.807) is 21.1 Å². The number of ether oxygens (including phenoxy) is 2. The van der Waals surface area contributed by atoms with Crippen LogP contribution in [0.4, 0.5) is 0 Å². The number of nitrogens with zero attached hydrogens (tertiary/aromatic N) is 2. The monoisotopic (exact) mass is 277 g/mol. The lowest BCUT2D eigenvalue weighted by molar-refractivity contribution is 0.354. The smallest absolute Gasteiger partial charge is 0.230 e. The summed E-state index contributed by atoms with van der Waals surface area (Å²) >= 11 is 0. The number of rotatable bonds is 7. The van der Waals surface area contributed by atoms with Crippen LogP contribution in [-0.4, -0.2) is 31.0 Å². The molecule has 2 rings (SSSR count). The second kappa shape index (κ2) is 6.91. The number of nitrogens with one attached hydrogen (secondary N) is 1. The van der Waals surface area contributed by atoms with Crippen molar-refractivity contribution in [3.8, 4) is 11.5 Å². The van der Waals surface area contributed by atoms with Crippen molar-refractivity contribution in [1.29, 1.82) is 0 Å². The van der Waals surface area contributed by atoms with Gasteiger partial charge in [-0.05, 0) is 30.7 Å². The second-order valence-corrected chi connectivity index (χ2v) is 4.33. The summed E-state index contributed by atoms with van der Waals surface area (Å²) in [6.07, 6.45) is 0.882. The molecule has 2 aromatic rings. The van der Waals surface area contributed by atoms with Gasteiger partial charge in [0, 0.05) is 6.92 Å². The molecule has 0 unspecified atom stereocenters. The molecule has 0 amide bonds. The summed E-state index contributed by atoms with van der Waals surface area (Å²) in [5, 5.41) is 11.0. The maximum absolute atomic E-state index is 5.28. The number of aryl methyl sites for hydroxylation is 1. The van der Waals surface area contributed by atoms with Crippen molar-refractivity contribution in [2.75, 3.05) is 20.8 Å². The van der Waals surface area contributed by atoms with Crippen LogP contribution in [0.15, 0.2) is 22.6 Å². The first kappa shape index (κ1) is 14.3. The Kier molecular flexibility index (Phi) is 4.95. The summed E-state index contributed by atoms with van der Waals surface area (Å²) in [5.41, 5.74) is 1.18. The molecule has 1 aromatic heterocycles. The van der Waals surface area contributed by atoms with E-state index in [2.05, 4.69) is 15.5 Å². The van der Waals surface area contributed by atoms with Crippen molar-refractivity contribution >= 4 is 0 Å². The average molecular weight is 277 g/mol. The highest BCUT2D eigenvalue weighted by molar-refractivity contribution is 5.42. The van der Waals surface area contributed by atoms with Gasteiger partial charge in [-0.15, -0.1) is 10.2 Å². The molecule has 0 aliphatic rings. The predicted molar refractivity (Wildman–Crippen MR) is 74.0 cm³/mol. The SMILES string of the molecule is COc1ccc(CCNCc2nnc(C)o2)cc1OC. The summed E-state index contributed by atoms with van der Waals surface area (Å²) in [6.45, 7) is 3.17. The van der Waals surface area contributed by atoms with E-state index in [9.17, 15) is 0 Å². The Morgan fingerprint density at radius 3 is 2.60 bits per heavy atom. The van der Waals surface area contributed by atoms with Crippen molar-refractivity contribution in [2.45, 2.75) is 19.9 Å². The quantitative estimate of drug-likeness (QED) is 0.777. The largest absolute Gasteiger partial charge is 0.493 e. The zero-order chi connectivity index (χ0) is 14.4. The zero-order valence-corrected chi connectivity index (χ0v) is 12.0. The lowest BCUT2D eigenvalue weighted by Gasteiger charge is -2.09. The summed E-state index contributed by atoms with van der Waals surface area (Å²) in [7, 11) is 3.27. The van der Waals surface area contributed by atoms with Crippen LogP contribution < -0.4 is 14.8 Å². The molecule has 1 aromatic carbocycles. The molecule has 1 heterocycles.